The van der Waals surface area contributed by atoms with Gasteiger partial charge in [0.1, 0.15) is 7.28 Å². The highest BCUT2D eigenvalue weighted by Gasteiger charge is 2.33. The van der Waals surface area contributed by atoms with E-state index in [1.807, 2.05) is 0 Å². The number of halogens is 1. The largest absolute Gasteiger partial charge is 0.114 e. The molecule has 2 aliphatic rings. The van der Waals surface area contributed by atoms with Gasteiger partial charge in [-0.15, -0.1) is 17.0 Å². The van der Waals surface area contributed by atoms with Crippen LogP contribution in [-0.4, -0.2) is 7.28 Å². The maximum absolute atomic E-state index is 2.72. The molecule has 0 N–H and O–H groups in total. The van der Waals surface area contributed by atoms with Crippen LogP contribution in [0.25, 0.3) is 0 Å². The van der Waals surface area contributed by atoms with Crippen LogP contribution in [0.15, 0.2) is 0 Å². The highest BCUT2D eigenvalue weighted by molar-refractivity contribution is 8.93. The van der Waals surface area contributed by atoms with Crippen molar-refractivity contribution in [3.05, 3.63) is 0 Å². The van der Waals surface area contributed by atoms with Crippen molar-refractivity contribution >= 4 is 24.3 Å². The smallest absolute Gasteiger partial charge is 0.110 e. The molecule has 0 bridgehead atoms. The van der Waals surface area contributed by atoms with Crippen molar-refractivity contribution in [2.24, 2.45) is 47.3 Å². The molecule has 0 aromatic heterocycles. The molecule has 2 heteroatoms. The Kier molecular flexibility index (Phi) is 10.0. The van der Waals surface area contributed by atoms with E-state index in [0.29, 0.717) is 0 Å². The molecule has 0 aromatic carbocycles. The van der Waals surface area contributed by atoms with Gasteiger partial charge in [0.15, 0.2) is 0 Å². The molecule has 0 heterocycles. The molecule has 2 saturated carbocycles. The molecule has 2 aliphatic carbocycles. The van der Waals surface area contributed by atoms with Crippen molar-refractivity contribution in [3.63, 3.8) is 0 Å². The third-order valence-corrected chi connectivity index (χ3v) is 7.26. The quantitative estimate of drug-likeness (QED) is 0.406. The predicted molar refractivity (Wildman–Crippen MR) is 115 cm³/mol. The highest BCUT2D eigenvalue weighted by atomic mass is 79.9. The van der Waals surface area contributed by atoms with Gasteiger partial charge in [0.2, 0.25) is 0 Å². The molecule has 141 valence electrons. The van der Waals surface area contributed by atoms with E-state index in [1.54, 1.807) is 0 Å². The van der Waals surface area contributed by atoms with Crippen molar-refractivity contribution in [2.75, 3.05) is 0 Å². The van der Waals surface area contributed by atoms with Crippen LogP contribution < -0.4 is 0 Å². The summed E-state index contributed by atoms with van der Waals surface area (Å²) < 4.78 is 0. The van der Waals surface area contributed by atoms with E-state index in [-0.39, 0.29) is 17.0 Å². The van der Waals surface area contributed by atoms with Gasteiger partial charge in [-0.3, -0.25) is 0 Å². The van der Waals surface area contributed by atoms with Crippen LogP contribution in [-0.2, 0) is 0 Å². The van der Waals surface area contributed by atoms with Crippen LogP contribution >= 0.6 is 17.0 Å². The maximum Gasteiger partial charge on any atom is 0.110 e. The van der Waals surface area contributed by atoms with Crippen LogP contribution in [0.1, 0.15) is 80.1 Å². The van der Waals surface area contributed by atoms with Crippen molar-refractivity contribution in [1.29, 1.82) is 0 Å². The van der Waals surface area contributed by atoms with Gasteiger partial charge in [0, 0.05) is 0 Å². The Bertz CT molecular complexity index is 309. The number of rotatable bonds is 6. The van der Waals surface area contributed by atoms with Gasteiger partial charge in [0.05, 0.1) is 0 Å². The molecular formula is C22H43BBr. The lowest BCUT2D eigenvalue weighted by Crippen LogP contribution is -2.31. The molecule has 24 heavy (non-hydrogen) atoms. The van der Waals surface area contributed by atoms with Gasteiger partial charge in [-0.25, -0.2) is 0 Å². The lowest BCUT2D eigenvalue weighted by molar-refractivity contribution is 0.152. The fourth-order valence-corrected chi connectivity index (χ4v) is 5.87. The molecular weight excluding hydrogens is 355 g/mol. The summed E-state index contributed by atoms with van der Waals surface area (Å²) in [5.74, 6) is 7.57. The van der Waals surface area contributed by atoms with Crippen LogP contribution in [0, 0.1) is 47.3 Å². The second-order valence-corrected chi connectivity index (χ2v) is 9.93. The first-order valence-electron chi connectivity index (χ1n) is 10.7. The Hall–Kier alpha value is 0.545. The molecule has 0 aliphatic heterocycles. The van der Waals surface area contributed by atoms with E-state index < -0.39 is 0 Å². The Balaban J connectivity index is 0.00000288. The molecule has 0 aromatic rings. The first-order valence-corrected chi connectivity index (χ1v) is 10.7. The Morgan fingerprint density at radius 3 is 1.42 bits per heavy atom. The van der Waals surface area contributed by atoms with E-state index in [9.17, 15) is 0 Å². The Labute approximate surface area is 164 Å². The van der Waals surface area contributed by atoms with Crippen molar-refractivity contribution < 1.29 is 0 Å². The van der Waals surface area contributed by atoms with Crippen LogP contribution in [0.3, 0.4) is 0 Å². The van der Waals surface area contributed by atoms with Gasteiger partial charge in [0.25, 0.3) is 0 Å². The second-order valence-electron chi connectivity index (χ2n) is 9.93. The summed E-state index contributed by atoms with van der Waals surface area (Å²) in [6.45, 7) is 14.7. The molecule has 0 nitrogen and oxygen atoms in total. The summed E-state index contributed by atoms with van der Waals surface area (Å²) in [7, 11) is 2.72. The summed E-state index contributed by atoms with van der Waals surface area (Å²) in [5, 5.41) is 0. The minimum atomic E-state index is 0. The van der Waals surface area contributed by atoms with Crippen LogP contribution in [0.2, 0.25) is 12.6 Å². The Morgan fingerprint density at radius 2 is 1.08 bits per heavy atom. The molecule has 0 amide bonds. The average Bonchev–Trinajstić information content (AvgIpc) is 2.46. The zero-order valence-electron chi connectivity index (χ0n) is 17.3. The molecule has 2 unspecified atom stereocenters. The van der Waals surface area contributed by atoms with Crippen LogP contribution in [0.4, 0.5) is 0 Å². The summed E-state index contributed by atoms with van der Waals surface area (Å²) in [4.78, 5) is 0. The SMILES string of the molecule is Br.CC(C)[C@H]1CC[C@H](C)CC1C[B]CC1C[C@@H](C)CC[C@@H]1C(C)C. The zero-order valence-corrected chi connectivity index (χ0v) is 19.0. The predicted octanol–water partition coefficient (Wildman–Crippen LogP) is 7.52. The van der Waals surface area contributed by atoms with E-state index >= 15 is 0 Å². The summed E-state index contributed by atoms with van der Waals surface area (Å²) >= 11 is 0. The summed E-state index contributed by atoms with van der Waals surface area (Å²) in [6.07, 6.45) is 11.6. The first kappa shape index (κ1) is 22.6. The lowest BCUT2D eigenvalue weighted by atomic mass is 9.54. The molecule has 6 atom stereocenters. The fourth-order valence-electron chi connectivity index (χ4n) is 5.87. The highest BCUT2D eigenvalue weighted by Crippen LogP contribution is 2.42. The third-order valence-electron chi connectivity index (χ3n) is 7.26. The van der Waals surface area contributed by atoms with Gasteiger partial charge < -0.3 is 0 Å². The van der Waals surface area contributed by atoms with Gasteiger partial charge in [-0.2, -0.15) is 0 Å². The number of hydrogen-bond acceptors (Lipinski definition) is 0. The van der Waals surface area contributed by atoms with E-state index in [4.69, 9.17) is 0 Å². The van der Waals surface area contributed by atoms with Crippen molar-refractivity contribution in [2.45, 2.75) is 92.7 Å². The molecule has 2 fully saturated rings. The van der Waals surface area contributed by atoms with E-state index in [2.05, 4.69) is 48.8 Å². The molecule has 0 saturated heterocycles. The second kappa shape index (κ2) is 10.6. The van der Waals surface area contributed by atoms with E-state index in [0.717, 1.165) is 47.3 Å². The maximum atomic E-state index is 2.72. The van der Waals surface area contributed by atoms with E-state index in [1.165, 1.54) is 51.2 Å². The summed E-state index contributed by atoms with van der Waals surface area (Å²) in [6, 6.07) is 0. The Morgan fingerprint density at radius 1 is 0.708 bits per heavy atom. The van der Waals surface area contributed by atoms with Gasteiger partial charge in [-0.1, -0.05) is 67.0 Å². The first-order chi connectivity index (χ1) is 10.9. The molecule has 1 radical (unpaired) electrons. The normalized spacial score (nSPS) is 37.3. The van der Waals surface area contributed by atoms with Crippen LogP contribution in [0.5, 0.6) is 0 Å². The lowest BCUT2D eigenvalue weighted by Gasteiger charge is -2.39. The van der Waals surface area contributed by atoms with Crippen molar-refractivity contribution in [1.82, 2.24) is 0 Å². The van der Waals surface area contributed by atoms with Crippen molar-refractivity contribution in [3.8, 4) is 0 Å². The van der Waals surface area contributed by atoms with Gasteiger partial charge in [-0.05, 0) is 73.0 Å². The minimum Gasteiger partial charge on any atom is -0.114 e. The standard InChI is InChI=1S/C22H42B.BrH/c1-15(2)21-9-7-17(5)11-19(21)13-23-14-20-12-18(6)8-10-22(20)16(3)4;/h15-22H,7-14H2,1-6H3;1H/t17-,18-,19?,20?,21+,22+;/m0./s1. The topological polar surface area (TPSA) is 0 Å². The molecule has 2 rings (SSSR count). The minimum absolute atomic E-state index is 0. The molecule has 0 spiro atoms. The summed E-state index contributed by atoms with van der Waals surface area (Å²) in [5.41, 5.74) is 0. The third kappa shape index (κ3) is 6.37. The fraction of sp³-hybridized carbons (Fsp3) is 1.00. The van der Waals surface area contributed by atoms with Gasteiger partial charge >= 0.3 is 0 Å². The zero-order chi connectivity index (χ0) is 17.0. The monoisotopic (exact) mass is 397 g/mol. The average molecular weight is 398 g/mol. The number of hydrogen-bond donors (Lipinski definition) is 0.